The van der Waals surface area contributed by atoms with Crippen LogP contribution in [-0.4, -0.2) is 87.5 Å². The molecule has 10 nitrogen and oxygen atoms in total. The van der Waals surface area contributed by atoms with Gasteiger partial charge in [-0.2, -0.15) is 0 Å². The highest BCUT2D eigenvalue weighted by atomic mass is 127. The lowest BCUT2D eigenvalue weighted by atomic mass is 9.68. The molecule has 3 aromatic carbocycles. The molecule has 292 valence electrons. The van der Waals surface area contributed by atoms with Crippen molar-refractivity contribution in [3.63, 3.8) is 0 Å². The summed E-state index contributed by atoms with van der Waals surface area (Å²) in [5.41, 5.74) is 4.92. The number of carbonyl (C=O) groups is 2. The van der Waals surface area contributed by atoms with Crippen molar-refractivity contribution in [2.24, 2.45) is 17.8 Å². The first kappa shape index (κ1) is 39.7. The second kappa shape index (κ2) is 18.1. The minimum absolute atomic E-state index is 0.0647. The van der Waals surface area contributed by atoms with Crippen molar-refractivity contribution in [1.29, 1.82) is 0 Å². The average Bonchev–Trinajstić information content (AvgIpc) is 3.48. The molecule has 0 radical (unpaired) electrons. The number of para-hydroxylation sites is 1. The number of aliphatic hydroxyl groups is 2. The van der Waals surface area contributed by atoms with Gasteiger partial charge in [-0.15, -0.1) is 0 Å². The minimum atomic E-state index is -1.04. The Kier molecular flexibility index (Phi) is 12.8. The first-order chi connectivity index (χ1) is 27.2. The molecule has 2 amide bonds. The predicted molar refractivity (Wildman–Crippen MR) is 222 cm³/mol. The lowest BCUT2D eigenvalue weighted by Crippen LogP contribution is -2.47. The van der Waals surface area contributed by atoms with Gasteiger partial charge in [0.05, 0.1) is 40.9 Å². The summed E-state index contributed by atoms with van der Waals surface area (Å²) in [5.74, 6) is -1.53. The second-order valence-electron chi connectivity index (χ2n) is 14.8. The van der Waals surface area contributed by atoms with E-state index in [1.807, 2.05) is 78.9 Å². The number of benzene rings is 3. The highest BCUT2D eigenvalue weighted by Crippen LogP contribution is 2.48. The SMILES string of the molecule is COc1cc(/C=C(/CC[C@@H](O)C2=C(COc3ccccc3)C[C@H]3C(=O)N(C4CCN(Cc5ccccc5)CC4)C(=O)[C@H]3[C@H]2CO)c2ccccn2)cc(I)c1O. The molecule has 2 aliphatic heterocycles. The molecule has 0 unspecified atom stereocenters. The fourth-order valence-electron chi connectivity index (χ4n) is 8.65. The van der Waals surface area contributed by atoms with E-state index in [-0.39, 0.29) is 49.7 Å². The molecule has 0 spiro atoms. The van der Waals surface area contributed by atoms with Crippen LogP contribution < -0.4 is 9.47 Å². The highest BCUT2D eigenvalue weighted by molar-refractivity contribution is 14.1. The van der Waals surface area contributed by atoms with E-state index in [1.165, 1.54) is 17.6 Å². The Morgan fingerprint density at radius 3 is 2.38 bits per heavy atom. The van der Waals surface area contributed by atoms with E-state index in [0.29, 0.717) is 39.9 Å². The topological polar surface area (TPSA) is 133 Å². The fourth-order valence-corrected chi connectivity index (χ4v) is 9.27. The van der Waals surface area contributed by atoms with Gasteiger partial charge in [-0.05, 0) is 125 Å². The number of piperidine rings is 1. The van der Waals surface area contributed by atoms with Crippen LogP contribution in [0.25, 0.3) is 11.6 Å². The monoisotopic (exact) mass is 869 g/mol. The first-order valence-corrected chi connectivity index (χ1v) is 20.3. The smallest absolute Gasteiger partial charge is 0.234 e. The van der Waals surface area contributed by atoms with Crippen LogP contribution in [0, 0.1) is 21.3 Å². The number of rotatable bonds is 14. The molecule has 56 heavy (non-hydrogen) atoms. The Hall–Kier alpha value is -4.56. The van der Waals surface area contributed by atoms with Gasteiger partial charge < -0.3 is 24.8 Å². The van der Waals surface area contributed by atoms with Crippen LogP contribution in [0.4, 0.5) is 0 Å². The average molecular weight is 870 g/mol. The number of methoxy groups -OCH3 is 1. The van der Waals surface area contributed by atoms with E-state index in [1.54, 1.807) is 12.3 Å². The highest BCUT2D eigenvalue weighted by Gasteiger charge is 2.56. The van der Waals surface area contributed by atoms with Crippen molar-refractivity contribution in [3.05, 3.63) is 129 Å². The molecule has 3 heterocycles. The molecule has 3 aliphatic rings. The molecule has 2 saturated heterocycles. The number of carbonyl (C=O) groups excluding carboxylic acids is 2. The zero-order valence-electron chi connectivity index (χ0n) is 31.5. The predicted octanol–water partition coefficient (Wildman–Crippen LogP) is 6.74. The van der Waals surface area contributed by atoms with E-state index in [4.69, 9.17) is 9.47 Å². The van der Waals surface area contributed by atoms with Gasteiger partial charge >= 0.3 is 0 Å². The Labute approximate surface area is 341 Å². The Morgan fingerprint density at radius 1 is 0.982 bits per heavy atom. The molecule has 1 aliphatic carbocycles. The lowest BCUT2D eigenvalue weighted by Gasteiger charge is -2.37. The molecule has 2 fully saturated rings. The van der Waals surface area contributed by atoms with Gasteiger partial charge in [0.1, 0.15) is 12.4 Å². The van der Waals surface area contributed by atoms with Crippen molar-refractivity contribution in [2.75, 3.05) is 33.4 Å². The number of aliphatic hydroxyl groups excluding tert-OH is 2. The standard InChI is InChI=1S/C45H48IN3O7/c1-55-40-24-30(23-37(46)43(40)52)22-31(38-14-8-9-19-47-38)15-16-39(51)41-32(28-56-34-12-6-3-7-13-34)25-35-42(36(41)27-50)45(54)49(44(35)53)33-17-20-48(21-18-33)26-29-10-4-2-5-11-29/h2-14,19,22-24,33,35-36,39,42,50-52H,15-18,20-21,25-28H2,1H3/b31-22-/t35-,36+,39-,42-/m1/s1. The Balaban J connectivity index is 1.15. The normalized spacial score (nSPS) is 21.3. The molecular weight excluding hydrogens is 821 g/mol. The van der Waals surface area contributed by atoms with Crippen LogP contribution in [0.15, 0.2) is 108 Å². The second-order valence-corrected chi connectivity index (χ2v) is 16.0. The van der Waals surface area contributed by atoms with E-state index in [0.717, 1.165) is 42.0 Å². The summed E-state index contributed by atoms with van der Waals surface area (Å²) in [4.78, 5) is 37.1. The van der Waals surface area contributed by atoms with Gasteiger partial charge in [0.15, 0.2) is 11.5 Å². The number of hydrogen-bond acceptors (Lipinski definition) is 9. The third kappa shape index (κ3) is 8.71. The third-order valence-corrected chi connectivity index (χ3v) is 12.2. The molecule has 0 saturated carbocycles. The molecule has 4 atom stereocenters. The summed E-state index contributed by atoms with van der Waals surface area (Å²) in [6, 6.07) is 28.7. The number of aromatic nitrogens is 1. The maximum Gasteiger partial charge on any atom is 0.234 e. The lowest BCUT2D eigenvalue weighted by molar-refractivity contribution is -0.144. The number of fused-ring (bicyclic) bond motifs is 1. The Bertz CT molecular complexity index is 2050. The maximum atomic E-state index is 14.4. The van der Waals surface area contributed by atoms with E-state index < -0.39 is 23.9 Å². The fraction of sp³-hybridized carbons (Fsp3) is 0.356. The molecule has 1 aromatic heterocycles. The van der Waals surface area contributed by atoms with Gasteiger partial charge in [0.2, 0.25) is 11.8 Å². The summed E-state index contributed by atoms with van der Waals surface area (Å²) in [6.45, 7) is 2.10. The zero-order chi connectivity index (χ0) is 39.2. The van der Waals surface area contributed by atoms with Crippen molar-refractivity contribution >= 4 is 46.1 Å². The summed E-state index contributed by atoms with van der Waals surface area (Å²) >= 11 is 2.06. The Morgan fingerprint density at radius 2 is 1.70 bits per heavy atom. The number of amides is 2. The van der Waals surface area contributed by atoms with Crippen LogP contribution in [0.3, 0.4) is 0 Å². The number of aromatic hydroxyl groups is 1. The first-order valence-electron chi connectivity index (χ1n) is 19.3. The van der Waals surface area contributed by atoms with Crippen molar-refractivity contribution in [2.45, 2.75) is 50.8 Å². The number of nitrogens with zero attached hydrogens (tertiary/aromatic N) is 3. The molecule has 0 bridgehead atoms. The van der Waals surface area contributed by atoms with E-state index >= 15 is 0 Å². The number of allylic oxidation sites excluding steroid dienone is 1. The van der Waals surface area contributed by atoms with Gasteiger partial charge in [-0.3, -0.25) is 24.4 Å². The van der Waals surface area contributed by atoms with E-state index in [9.17, 15) is 24.9 Å². The summed E-state index contributed by atoms with van der Waals surface area (Å²) in [6.07, 6.45) is 4.96. The van der Waals surface area contributed by atoms with Crippen LogP contribution >= 0.6 is 22.6 Å². The summed E-state index contributed by atoms with van der Waals surface area (Å²) < 4.78 is 12.3. The number of hydrogen-bond donors (Lipinski definition) is 3. The van der Waals surface area contributed by atoms with E-state index in [2.05, 4.69) is 44.6 Å². The summed E-state index contributed by atoms with van der Waals surface area (Å²) in [5, 5.41) is 33.7. The molecule has 3 N–H and O–H groups in total. The van der Waals surface area contributed by atoms with Crippen molar-refractivity contribution < 1.29 is 34.4 Å². The number of ether oxygens (including phenoxy) is 2. The summed E-state index contributed by atoms with van der Waals surface area (Å²) in [7, 11) is 1.51. The number of likely N-dealkylation sites (tertiary alicyclic amines) is 2. The number of halogens is 1. The maximum absolute atomic E-state index is 14.4. The zero-order valence-corrected chi connectivity index (χ0v) is 33.6. The third-order valence-electron chi connectivity index (χ3n) is 11.4. The molecular formula is C45H48IN3O7. The van der Waals surface area contributed by atoms with Crippen LogP contribution in [0.5, 0.6) is 17.2 Å². The number of pyridine rings is 1. The molecule has 4 aromatic rings. The van der Waals surface area contributed by atoms with Crippen LogP contribution in [-0.2, 0) is 16.1 Å². The number of imide groups is 1. The number of phenols is 1. The molecule has 11 heteroatoms. The quantitative estimate of drug-likeness (QED) is 0.0717. The van der Waals surface area contributed by atoms with Gasteiger partial charge in [-0.1, -0.05) is 54.6 Å². The van der Waals surface area contributed by atoms with Crippen LogP contribution in [0.2, 0.25) is 0 Å². The van der Waals surface area contributed by atoms with Gasteiger partial charge in [0, 0.05) is 37.8 Å². The van der Waals surface area contributed by atoms with Gasteiger partial charge in [-0.25, -0.2) is 0 Å². The van der Waals surface area contributed by atoms with Crippen molar-refractivity contribution in [1.82, 2.24) is 14.8 Å². The largest absolute Gasteiger partial charge is 0.504 e. The van der Waals surface area contributed by atoms with Crippen molar-refractivity contribution in [3.8, 4) is 17.2 Å². The van der Waals surface area contributed by atoms with Gasteiger partial charge in [0.25, 0.3) is 0 Å². The number of phenolic OH excluding ortho intramolecular Hbond substituents is 1. The molecule has 7 rings (SSSR count). The minimum Gasteiger partial charge on any atom is -0.504 e. The van der Waals surface area contributed by atoms with Crippen LogP contribution in [0.1, 0.15) is 48.9 Å².